The fourth-order valence-corrected chi connectivity index (χ4v) is 6.00. The van der Waals surface area contributed by atoms with E-state index in [4.69, 9.17) is 15.0 Å². The fraction of sp³-hybridized carbons (Fsp3) is 0. The number of para-hydroxylation sites is 1. The van der Waals surface area contributed by atoms with E-state index in [0.717, 1.165) is 34.2 Å². The minimum atomic E-state index is -1.51. The Kier molecular flexibility index (Phi) is 6.34. The summed E-state index contributed by atoms with van der Waals surface area (Å²) in [6, 6.07) is 40.8. The number of rotatable bonds is 4. The molecule has 6 aromatic carbocycles. The van der Waals surface area contributed by atoms with E-state index in [0.29, 0.717) is 50.0 Å². The molecule has 0 spiro atoms. The van der Waals surface area contributed by atoms with Gasteiger partial charge in [0.25, 0.3) is 0 Å². The van der Waals surface area contributed by atoms with Gasteiger partial charge >= 0.3 is 0 Å². The van der Waals surface area contributed by atoms with Crippen molar-refractivity contribution in [2.75, 3.05) is 0 Å². The van der Waals surface area contributed by atoms with Crippen molar-refractivity contribution in [2.24, 2.45) is 0 Å². The number of aromatic nitrogens is 3. The van der Waals surface area contributed by atoms with Crippen LogP contribution in [0.1, 0.15) is 0 Å². The molecule has 0 aliphatic rings. The summed E-state index contributed by atoms with van der Waals surface area (Å²) in [5, 5.41) is 2.14. The number of hydrogen-bond acceptors (Lipinski definition) is 3. The fourth-order valence-electron chi connectivity index (χ4n) is 6.00. The monoisotopic (exact) mass is 589 g/mol. The largest absolute Gasteiger partial charge is 0.247 e. The van der Waals surface area contributed by atoms with E-state index >= 15 is 0 Å². The van der Waals surface area contributed by atoms with Gasteiger partial charge in [-0.25, -0.2) is 28.1 Å². The Morgan fingerprint density at radius 3 is 1.49 bits per heavy atom. The molecule has 2 aromatic heterocycles. The lowest BCUT2D eigenvalue weighted by Crippen LogP contribution is -2.00. The zero-order valence-corrected chi connectivity index (χ0v) is 23.7. The average molecular weight is 590 g/mol. The maximum absolute atomic E-state index is 14.8. The Balaban J connectivity index is 1.62. The highest BCUT2D eigenvalue weighted by atomic mass is 19.2. The van der Waals surface area contributed by atoms with E-state index in [2.05, 4.69) is 0 Å². The first-order valence-corrected chi connectivity index (χ1v) is 14.5. The summed E-state index contributed by atoms with van der Waals surface area (Å²) in [6.07, 6.45) is 0. The van der Waals surface area contributed by atoms with Crippen LogP contribution in [0.3, 0.4) is 0 Å². The normalized spacial score (nSPS) is 11.4. The van der Waals surface area contributed by atoms with E-state index in [-0.39, 0.29) is 5.56 Å². The smallest absolute Gasteiger partial charge is 0.194 e. The summed E-state index contributed by atoms with van der Waals surface area (Å²) in [6.45, 7) is 0. The number of benzene rings is 6. The standard InChI is InChI=1S/C39H22F3N3/c40-29-20-26(21-30(41)35(29)42)28-22-32-39(45-38(25-16-8-3-9-17-25)37(44-32)24-14-6-2-7-15-24)34-33(28)27-18-10-11-19-31(27)43-36(34)23-12-4-1-5-13-23/h1-22H. The zero-order chi connectivity index (χ0) is 30.5. The number of nitrogens with zero attached hydrogens (tertiary/aromatic N) is 3. The third kappa shape index (κ3) is 4.50. The lowest BCUT2D eigenvalue weighted by molar-refractivity contribution is 0.448. The summed E-state index contributed by atoms with van der Waals surface area (Å²) in [7, 11) is 0. The number of fused-ring (bicyclic) bond motifs is 5. The van der Waals surface area contributed by atoms with Crippen molar-refractivity contribution in [3.8, 4) is 44.9 Å². The van der Waals surface area contributed by atoms with Crippen molar-refractivity contribution in [3.63, 3.8) is 0 Å². The van der Waals surface area contributed by atoms with Crippen LogP contribution in [0.2, 0.25) is 0 Å². The van der Waals surface area contributed by atoms with Crippen molar-refractivity contribution >= 4 is 32.7 Å². The highest BCUT2D eigenvalue weighted by Gasteiger charge is 2.23. The van der Waals surface area contributed by atoms with Crippen molar-refractivity contribution in [1.82, 2.24) is 15.0 Å². The Bertz CT molecular complexity index is 2370. The molecule has 6 heteroatoms. The SMILES string of the molecule is Fc1cc(-c2cc3nc(-c4ccccc4)c(-c4ccccc4)nc3c3c(-c4ccccc4)nc4ccccc4c23)cc(F)c1F. The number of hydrogen-bond donors (Lipinski definition) is 0. The van der Waals surface area contributed by atoms with E-state index in [1.54, 1.807) is 6.07 Å². The van der Waals surface area contributed by atoms with Gasteiger partial charge in [0.1, 0.15) is 0 Å². The highest BCUT2D eigenvalue weighted by Crippen LogP contribution is 2.44. The zero-order valence-electron chi connectivity index (χ0n) is 23.7. The van der Waals surface area contributed by atoms with Crippen molar-refractivity contribution in [2.45, 2.75) is 0 Å². The summed E-state index contributed by atoms with van der Waals surface area (Å²) < 4.78 is 43.7. The molecule has 0 N–H and O–H groups in total. The van der Waals surface area contributed by atoms with Gasteiger partial charge in [-0.1, -0.05) is 109 Å². The second-order valence-electron chi connectivity index (χ2n) is 10.8. The minimum absolute atomic E-state index is 0.184. The molecule has 0 fully saturated rings. The Morgan fingerprint density at radius 1 is 0.400 bits per heavy atom. The molecule has 8 aromatic rings. The van der Waals surface area contributed by atoms with Gasteiger partial charge in [0.15, 0.2) is 17.5 Å². The molecular formula is C39H22F3N3. The Morgan fingerprint density at radius 2 is 0.889 bits per heavy atom. The molecule has 3 nitrogen and oxygen atoms in total. The average Bonchev–Trinajstić information content (AvgIpc) is 3.10. The predicted molar refractivity (Wildman–Crippen MR) is 174 cm³/mol. The van der Waals surface area contributed by atoms with Crippen LogP contribution in [0.5, 0.6) is 0 Å². The second kappa shape index (κ2) is 10.7. The second-order valence-corrected chi connectivity index (χ2v) is 10.8. The maximum atomic E-state index is 14.8. The summed E-state index contributed by atoms with van der Waals surface area (Å²) in [5.41, 5.74) is 7.08. The van der Waals surface area contributed by atoms with Crippen molar-refractivity contribution < 1.29 is 13.2 Å². The van der Waals surface area contributed by atoms with Gasteiger partial charge in [-0.3, -0.25) is 0 Å². The number of pyridine rings is 1. The van der Waals surface area contributed by atoms with Gasteiger partial charge in [-0.05, 0) is 35.4 Å². The Hall–Kier alpha value is -5.88. The van der Waals surface area contributed by atoms with E-state index in [9.17, 15) is 13.2 Å². The first kappa shape index (κ1) is 26.7. The molecule has 0 amide bonds. The minimum Gasteiger partial charge on any atom is -0.247 e. The van der Waals surface area contributed by atoms with Crippen LogP contribution in [-0.2, 0) is 0 Å². The topological polar surface area (TPSA) is 38.7 Å². The maximum Gasteiger partial charge on any atom is 0.194 e. The lowest BCUT2D eigenvalue weighted by Gasteiger charge is -2.18. The molecule has 0 radical (unpaired) electrons. The summed E-state index contributed by atoms with van der Waals surface area (Å²) >= 11 is 0. The molecule has 0 saturated carbocycles. The molecule has 8 rings (SSSR count). The molecule has 2 heterocycles. The van der Waals surface area contributed by atoms with Gasteiger partial charge < -0.3 is 0 Å². The molecule has 0 aliphatic carbocycles. The summed E-state index contributed by atoms with van der Waals surface area (Å²) in [4.78, 5) is 15.6. The molecule has 45 heavy (non-hydrogen) atoms. The van der Waals surface area contributed by atoms with Crippen LogP contribution in [0, 0.1) is 17.5 Å². The van der Waals surface area contributed by atoms with Gasteiger partial charge in [0.05, 0.1) is 33.6 Å². The van der Waals surface area contributed by atoms with Crippen LogP contribution < -0.4 is 0 Å². The molecule has 0 unspecified atom stereocenters. The lowest BCUT2D eigenvalue weighted by atomic mass is 9.91. The van der Waals surface area contributed by atoms with Crippen molar-refractivity contribution in [3.05, 3.63) is 151 Å². The molecule has 0 saturated heterocycles. The quantitative estimate of drug-likeness (QED) is 0.151. The van der Waals surface area contributed by atoms with Crippen LogP contribution in [0.15, 0.2) is 133 Å². The van der Waals surface area contributed by atoms with Crippen LogP contribution in [-0.4, -0.2) is 15.0 Å². The molecular weight excluding hydrogens is 567 g/mol. The first-order chi connectivity index (χ1) is 22.1. The molecule has 0 aliphatic heterocycles. The van der Waals surface area contributed by atoms with Crippen LogP contribution in [0.4, 0.5) is 13.2 Å². The van der Waals surface area contributed by atoms with Gasteiger partial charge in [-0.15, -0.1) is 0 Å². The third-order valence-electron chi connectivity index (χ3n) is 8.04. The van der Waals surface area contributed by atoms with Gasteiger partial charge in [-0.2, -0.15) is 0 Å². The van der Waals surface area contributed by atoms with E-state index in [1.165, 1.54) is 0 Å². The summed E-state index contributed by atoms with van der Waals surface area (Å²) in [5.74, 6) is -4.05. The van der Waals surface area contributed by atoms with Gasteiger partial charge in [0.2, 0.25) is 0 Å². The van der Waals surface area contributed by atoms with E-state index < -0.39 is 17.5 Å². The first-order valence-electron chi connectivity index (χ1n) is 14.5. The molecule has 0 bridgehead atoms. The molecule has 0 atom stereocenters. The van der Waals surface area contributed by atoms with Crippen LogP contribution >= 0.6 is 0 Å². The highest BCUT2D eigenvalue weighted by molar-refractivity contribution is 6.25. The predicted octanol–water partition coefficient (Wildman–Crippen LogP) is 10.4. The third-order valence-corrected chi connectivity index (χ3v) is 8.04. The number of halogens is 3. The van der Waals surface area contributed by atoms with Crippen molar-refractivity contribution in [1.29, 1.82) is 0 Å². The van der Waals surface area contributed by atoms with Gasteiger partial charge in [0, 0.05) is 32.8 Å². The van der Waals surface area contributed by atoms with Crippen LogP contribution in [0.25, 0.3) is 77.6 Å². The molecule has 214 valence electrons. The van der Waals surface area contributed by atoms with E-state index in [1.807, 2.05) is 115 Å². The Labute approximate surface area is 256 Å².